The topological polar surface area (TPSA) is 132 Å². The zero-order valence-corrected chi connectivity index (χ0v) is 9.02. The van der Waals surface area contributed by atoms with E-state index >= 15 is 0 Å². The minimum Gasteiger partial charge on any atom is -0.480 e. The van der Waals surface area contributed by atoms with Crippen LogP contribution < -0.4 is 16.6 Å². The van der Waals surface area contributed by atoms with Crippen molar-refractivity contribution in [1.82, 2.24) is 15.3 Å². The molecule has 0 saturated heterocycles. The molecule has 8 nitrogen and oxygen atoms in total. The lowest BCUT2D eigenvalue weighted by Crippen LogP contribution is -2.43. The van der Waals surface area contributed by atoms with Crippen molar-refractivity contribution in [2.45, 2.75) is 12.5 Å². The SMILES string of the molecule is C#CCC(NC(=O)c1c[nH]c(=O)[nH]c1=O)C(=O)O. The number of carbonyl (C=O) groups excluding carboxylic acids is 1. The molecule has 0 aliphatic carbocycles. The number of carboxylic acids is 1. The van der Waals surface area contributed by atoms with E-state index < -0.39 is 34.7 Å². The summed E-state index contributed by atoms with van der Waals surface area (Å²) in [4.78, 5) is 48.3. The first kappa shape index (κ1) is 13.2. The standard InChI is InChI=1S/C10H9N3O5/c1-2-3-6(9(16)17)12-7(14)5-4-11-10(18)13-8(5)15/h1,4,6H,3H2,(H,12,14)(H,16,17)(H2,11,13,15,18). The number of terminal acetylenes is 1. The molecular weight excluding hydrogens is 242 g/mol. The Hall–Kier alpha value is -2.82. The highest BCUT2D eigenvalue weighted by Crippen LogP contribution is 1.94. The normalized spacial score (nSPS) is 11.3. The molecule has 1 aromatic rings. The molecule has 1 heterocycles. The summed E-state index contributed by atoms with van der Waals surface area (Å²) in [6.45, 7) is 0. The van der Waals surface area contributed by atoms with Crippen LogP contribution in [-0.4, -0.2) is 33.0 Å². The fourth-order valence-electron chi connectivity index (χ4n) is 1.13. The first-order valence-corrected chi connectivity index (χ1v) is 4.75. The Bertz CT molecular complexity index is 621. The molecule has 1 aromatic heterocycles. The third-order valence-corrected chi connectivity index (χ3v) is 1.99. The molecular formula is C10H9N3O5. The van der Waals surface area contributed by atoms with Gasteiger partial charge < -0.3 is 15.4 Å². The van der Waals surface area contributed by atoms with E-state index in [2.05, 4.69) is 16.2 Å². The maximum Gasteiger partial charge on any atom is 0.327 e. The van der Waals surface area contributed by atoms with Crippen LogP contribution in [0, 0.1) is 12.3 Å². The highest BCUT2D eigenvalue weighted by atomic mass is 16.4. The molecule has 0 radical (unpaired) electrons. The summed E-state index contributed by atoms with van der Waals surface area (Å²) in [5.74, 6) is -0.162. The van der Waals surface area contributed by atoms with Crippen LogP contribution in [0.3, 0.4) is 0 Å². The largest absolute Gasteiger partial charge is 0.480 e. The fraction of sp³-hybridized carbons (Fsp3) is 0.200. The van der Waals surface area contributed by atoms with Crippen molar-refractivity contribution in [2.75, 3.05) is 0 Å². The number of carbonyl (C=O) groups is 2. The van der Waals surface area contributed by atoms with Crippen molar-refractivity contribution < 1.29 is 14.7 Å². The van der Waals surface area contributed by atoms with Gasteiger partial charge in [-0.3, -0.25) is 14.6 Å². The molecule has 4 N–H and O–H groups in total. The van der Waals surface area contributed by atoms with Gasteiger partial charge in [0.25, 0.3) is 11.5 Å². The monoisotopic (exact) mass is 251 g/mol. The second kappa shape index (κ2) is 5.49. The van der Waals surface area contributed by atoms with Gasteiger partial charge >= 0.3 is 11.7 Å². The van der Waals surface area contributed by atoms with E-state index in [1.54, 1.807) is 0 Å². The van der Waals surface area contributed by atoms with Crippen LogP contribution in [0.4, 0.5) is 0 Å². The highest BCUT2D eigenvalue weighted by molar-refractivity contribution is 5.96. The molecule has 0 fully saturated rings. The Morgan fingerprint density at radius 2 is 2.17 bits per heavy atom. The minimum absolute atomic E-state index is 0.220. The smallest absolute Gasteiger partial charge is 0.327 e. The molecule has 1 atom stereocenters. The van der Waals surface area contributed by atoms with Gasteiger partial charge in [0.15, 0.2) is 0 Å². The number of H-pyrrole nitrogens is 2. The summed E-state index contributed by atoms with van der Waals surface area (Å²) >= 11 is 0. The van der Waals surface area contributed by atoms with E-state index in [-0.39, 0.29) is 6.42 Å². The molecule has 0 aliphatic rings. The zero-order chi connectivity index (χ0) is 13.7. The number of aromatic nitrogens is 2. The number of aliphatic carboxylic acids is 1. The van der Waals surface area contributed by atoms with Crippen molar-refractivity contribution in [3.05, 3.63) is 32.6 Å². The lowest BCUT2D eigenvalue weighted by molar-refractivity contribution is -0.139. The molecule has 1 unspecified atom stereocenters. The van der Waals surface area contributed by atoms with Crippen molar-refractivity contribution >= 4 is 11.9 Å². The van der Waals surface area contributed by atoms with E-state index in [0.29, 0.717) is 0 Å². The summed E-state index contributed by atoms with van der Waals surface area (Å²) in [5.41, 5.74) is -2.09. The molecule has 0 spiro atoms. The first-order valence-electron chi connectivity index (χ1n) is 4.75. The van der Waals surface area contributed by atoms with Crippen LogP contribution in [0.15, 0.2) is 15.8 Å². The second-order valence-corrected chi connectivity index (χ2v) is 3.26. The Kier molecular flexibility index (Phi) is 4.04. The maximum atomic E-state index is 11.6. The van der Waals surface area contributed by atoms with Crippen LogP contribution in [0.2, 0.25) is 0 Å². The highest BCUT2D eigenvalue weighted by Gasteiger charge is 2.21. The van der Waals surface area contributed by atoms with Gasteiger partial charge in [-0.05, 0) is 0 Å². The summed E-state index contributed by atoms with van der Waals surface area (Å²) in [7, 11) is 0. The number of nitrogens with one attached hydrogen (secondary N) is 3. The number of rotatable bonds is 4. The molecule has 1 amide bonds. The van der Waals surface area contributed by atoms with Gasteiger partial charge in [-0.25, -0.2) is 9.59 Å². The van der Waals surface area contributed by atoms with Crippen LogP contribution in [0.1, 0.15) is 16.8 Å². The van der Waals surface area contributed by atoms with E-state index in [1.807, 2.05) is 4.98 Å². The van der Waals surface area contributed by atoms with Gasteiger partial charge in [-0.1, -0.05) is 0 Å². The van der Waals surface area contributed by atoms with Crippen molar-refractivity contribution in [3.8, 4) is 12.3 Å². The van der Waals surface area contributed by atoms with E-state index in [4.69, 9.17) is 11.5 Å². The first-order chi connectivity index (χ1) is 8.45. The van der Waals surface area contributed by atoms with Crippen LogP contribution in [0.25, 0.3) is 0 Å². The van der Waals surface area contributed by atoms with E-state index in [1.165, 1.54) is 0 Å². The molecule has 1 rings (SSSR count). The summed E-state index contributed by atoms with van der Waals surface area (Å²) in [6, 6.07) is -1.30. The number of hydrogen-bond donors (Lipinski definition) is 4. The minimum atomic E-state index is -1.32. The molecule has 8 heteroatoms. The Morgan fingerprint density at radius 3 is 2.67 bits per heavy atom. The van der Waals surface area contributed by atoms with Gasteiger partial charge in [-0.15, -0.1) is 12.3 Å². The summed E-state index contributed by atoms with van der Waals surface area (Å²) < 4.78 is 0. The predicted octanol–water partition coefficient (Wildman–Crippen LogP) is -1.73. The summed E-state index contributed by atoms with van der Waals surface area (Å²) in [5, 5.41) is 10.8. The second-order valence-electron chi connectivity index (χ2n) is 3.26. The van der Waals surface area contributed by atoms with E-state index in [9.17, 15) is 19.2 Å². The average molecular weight is 251 g/mol. The molecule has 18 heavy (non-hydrogen) atoms. The zero-order valence-electron chi connectivity index (χ0n) is 9.02. The molecule has 94 valence electrons. The maximum absolute atomic E-state index is 11.6. The average Bonchev–Trinajstić information content (AvgIpc) is 2.27. The molecule has 0 aliphatic heterocycles. The lowest BCUT2D eigenvalue weighted by Gasteiger charge is -2.10. The lowest BCUT2D eigenvalue weighted by atomic mass is 10.2. The van der Waals surface area contributed by atoms with Crippen LogP contribution in [0.5, 0.6) is 0 Å². The van der Waals surface area contributed by atoms with Crippen molar-refractivity contribution in [1.29, 1.82) is 0 Å². The molecule has 0 aromatic carbocycles. The molecule has 0 bridgehead atoms. The Morgan fingerprint density at radius 1 is 1.50 bits per heavy atom. The van der Waals surface area contributed by atoms with Gasteiger partial charge in [0, 0.05) is 12.6 Å². The number of amides is 1. The van der Waals surface area contributed by atoms with Crippen LogP contribution >= 0.6 is 0 Å². The molecule has 0 saturated carbocycles. The van der Waals surface area contributed by atoms with Gasteiger partial charge in [-0.2, -0.15) is 0 Å². The van der Waals surface area contributed by atoms with Crippen molar-refractivity contribution in [3.63, 3.8) is 0 Å². The van der Waals surface area contributed by atoms with Gasteiger partial charge in [0.2, 0.25) is 0 Å². The third-order valence-electron chi connectivity index (χ3n) is 1.99. The van der Waals surface area contributed by atoms with Crippen molar-refractivity contribution in [2.24, 2.45) is 0 Å². The van der Waals surface area contributed by atoms with Crippen LogP contribution in [-0.2, 0) is 4.79 Å². The number of carboxylic acid groups (broad SMARTS) is 1. The number of hydrogen-bond acceptors (Lipinski definition) is 4. The quantitative estimate of drug-likeness (QED) is 0.472. The van der Waals surface area contributed by atoms with Gasteiger partial charge in [0.05, 0.1) is 0 Å². The fourth-order valence-corrected chi connectivity index (χ4v) is 1.13. The predicted molar refractivity (Wildman–Crippen MR) is 60.0 cm³/mol. The van der Waals surface area contributed by atoms with E-state index in [0.717, 1.165) is 6.20 Å². The Labute approximate surface area is 100 Å². The Balaban J connectivity index is 2.95. The van der Waals surface area contributed by atoms with Gasteiger partial charge in [0.1, 0.15) is 11.6 Å². The third kappa shape index (κ3) is 3.08. The summed E-state index contributed by atoms with van der Waals surface area (Å²) in [6.07, 6.45) is 5.63. The number of aromatic amines is 2.